The van der Waals surface area contributed by atoms with Gasteiger partial charge in [-0.3, -0.25) is 0 Å². The third kappa shape index (κ3) is 3.14. The fraction of sp³-hybridized carbons (Fsp3) is 0.167. The fourth-order valence-electron chi connectivity index (χ4n) is 2.49. The van der Waals surface area contributed by atoms with Gasteiger partial charge in [-0.05, 0) is 37.5 Å². The summed E-state index contributed by atoms with van der Waals surface area (Å²) in [6.07, 6.45) is 1.88. The van der Waals surface area contributed by atoms with Crippen LogP contribution in [0.2, 0.25) is 0 Å². The molecule has 106 valence electrons. The van der Waals surface area contributed by atoms with Crippen LogP contribution < -0.4 is 5.73 Å². The topological polar surface area (TPSA) is 43.8 Å². The van der Waals surface area contributed by atoms with Crippen molar-refractivity contribution in [3.63, 3.8) is 0 Å². The quantitative estimate of drug-likeness (QED) is 0.792. The summed E-state index contributed by atoms with van der Waals surface area (Å²) >= 11 is 0. The molecule has 3 nitrogen and oxygen atoms in total. The summed E-state index contributed by atoms with van der Waals surface area (Å²) in [5, 5.41) is 4.61. The Morgan fingerprint density at radius 2 is 1.76 bits per heavy atom. The van der Waals surface area contributed by atoms with Crippen LogP contribution in [-0.4, -0.2) is 9.78 Å². The first-order chi connectivity index (χ1) is 10.2. The minimum atomic E-state index is 0.681. The summed E-state index contributed by atoms with van der Waals surface area (Å²) in [5.41, 5.74) is 10.7. The Morgan fingerprint density at radius 1 is 0.952 bits per heavy atom. The monoisotopic (exact) mass is 277 g/mol. The number of aryl methyl sites for hydroxylation is 3. The number of aromatic nitrogens is 2. The number of nitrogens with zero attached hydrogens (tertiary/aromatic N) is 2. The molecule has 3 heteroatoms. The maximum absolute atomic E-state index is 6.07. The zero-order chi connectivity index (χ0) is 14.7. The van der Waals surface area contributed by atoms with Crippen LogP contribution >= 0.6 is 0 Å². The van der Waals surface area contributed by atoms with Crippen LogP contribution in [0.1, 0.15) is 16.8 Å². The molecule has 0 radical (unpaired) electrons. The molecule has 0 atom stereocenters. The van der Waals surface area contributed by atoms with Gasteiger partial charge in [0.25, 0.3) is 0 Å². The van der Waals surface area contributed by atoms with Gasteiger partial charge in [0.05, 0.1) is 11.4 Å². The van der Waals surface area contributed by atoms with Crippen molar-refractivity contribution in [1.29, 1.82) is 0 Å². The standard InChI is InChI=1S/C18H19N3/c1-14-6-5-7-15(12-14)10-11-16-13-18(19)21(20-16)17-8-3-2-4-9-17/h2-9,12-13H,10-11,19H2,1H3. The van der Waals surface area contributed by atoms with E-state index in [-0.39, 0.29) is 0 Å². The number of nitrogen functional groups attached to an aromatic ring is 1. The van der Waals surface area contributed by atoms with E-state index < -0.39 is 0 Å². The Bertz CT molecular complexity index is 729. The number of hydrogen-bond acceptors (Lipinski definition) is 2. The van der Waals surface area contributed by atoms with E-state index in [0.29, 0.717) is 5.82 Å². The van der Waals surface area contributed by atoms with Crippen molar-refractivity contribution < 1.29 is 0 Å². The molecule has 0 aliphatic carbocycles. The Hall–Kier alpha value is -2.55. The van der Waals surface area contributed by atoms with Gasteiger partial charge in [-0.1, -0.05) is 48.0 Å². The van der Waals surface area contributed by atoms with E-state index in [1.54, 1.807) is 4.68 Å². The van der Waals surface area contributed by atoms with Gasteiger partial charge in [0.1, 0.15) is 5.82 Å². The van der Waals surface area contributed by atoms with Crippen LogP contribution in [0, 0.1) is 6.92 Å². The molecule has 3 rings (SSSR count). The van der Waals surface area contributed by atoms with E-state index in [4.69, 9.17) is 5.73 Å². The number of benzene rings is 2. The SMILES string of the molecule is Cc1cccc(CCc2cc(N)n(-c3ccccc3)n2)c1. The summed E-state index contributed by atoms with van der Waals surface area (Å²) in [4.78, 5) is 0. The second-order valence-corrected chi connectivity index (χ2v) is 5.30. The largest absolute Gasteiger partial charge is 0.384 e. The van der Waals surface area contributed by atoms with Crippen LogP contribution in [0.25, 0.3) is 5.69 Å². The minimum Gasteiger partial charge on any atom is -0.384 e. The van der Waals surface area contributed by atoms with Gasteiger partial charge in [0, 0.05) is 6.07 Å². The molecule has 1 heterocycles. The van der Waals surface area contributed by atoms with Gasteiger partial charge in [-0.2, -0.15) is 5.10 Å². The highest BCUT2D eigenvalue weighted by molar-refractivity contribution is 5.42. The normalized spacial score (nSPS) is 10.7. The fourth-order valence-corrected chi connectivity index (χ4v) is 2.49. The summed E-state index contributed by atoms with van der Waals surface area (Å²) in [7, 11) is 0. The molecule has 3 aromatic rings. The lowest BCUT2D eigenvalue weighted by molar-refractivity contribution is 0.822. The third-order valence-electron chi connectivity index (χ3n) is 3.54. The van der Waals surface area contributed by atoms with E-state index in [1.807, 2.05) is 36.4 Å². The molecule has 0 unspecified atom stereocenters. The van der Waals surface area contributed by atoms with Crippen molar-refractivity contribution in [2.45, 2.75) is 19.8 Å². The first kappa shape index (κ1) is 13.4. The summed E-state index contributed by atoms with van der Waals surface area (Å²) in [6, 6.07) is 20.5. The van der Waals surface area contributed by atoms with Gasteiger partial charge in [0.2, 0.25) is 0 Å². The maximum atomic E-state index is 6.07. The molecule has 0 fully saturated rings. The lowest BCUT2D eigenvalue weighted by atomic mass is 10.1. The molecule has 0 saturated carbocycles. The van der Waals surface area contributed by atoms with Gasteiger partial charge >= 0.3 is 0 Å². The van der Waals surface area contributed by atoms with Crippen LogP contribution in [0.3, 0.4) is 0 Å². The average Bonchev–Trinajstić information content (AvgIpc) is 2.87. The van der Waals surface area contributed by atoms with Crippen LogP contribution in [0.5, 0.6) is 0 Å². The van der Waals surface area contributed by atoms with Gasteiger partial charge in [-0.15, -0.1) is 0 Å². The van der Waals surface area contributed by atoms with Crippen LogP contribution in [0.15, 0.2) is 60.7 Å². The number of hydrogen-bond donors (Lipinski definition) is 1. The highest BCUT2D eigenvalue weighted by Gasteiger charge is 2.07. The average molecular weight is 277 g/mol. The lowest BCUT2D eigenvalue weighted by Crippen LogP contribution is -2.01. The second-order valence-electron chi connectivity index (χ2n) is 5.30. The van der Waals surface area contributed by atoms with E-state index in [1.165, 1.54) is 11.1 Å². The summed E-state index contributed by atoms with van der Waals surface area (Å²) < 4.78 is 1.80. The molecule has 1 aromatic heterocycles. The molecule has 0 spiro atoms. The first-order valence-electron chi connectivity index (χ1n) is 7.18. The van der Waals surface area contributed by atoms with E-state index in [0.717, 1.165) is 24.2 Å². The first-order valence-corrected chi connectivity index (χ1v) is 7.18. The van der Waals surface area contributed by atoms with Crippen molar-refractivity contribution in [2.75, 3.05) is 5.73 Å². The van der Waals surface area contributed by atoms with Crippen molar-refractivity contribution >= 4 is 5.82 Å². The Kier molecular flexibility index (Phi) is 3.73. The third-order valence-corrected chi connectivity index (χ3v) is 3.54. The Morgan fingerprint density at radius 3 is 2.52 bits per heavy atom. The molecule has 0 saturated heterocycles. The number of nitrogens with two attached hydrogens (primary N) is 1. The molecule has 2 aromatic carbocycles. The van der Waals surface area contributed by atoms with E-state index >= 15 is 0 Å². The van der Waals surface area contributed by atoms with Gasteiger partial charge in [-0.25, -0.2) is 4.68 Å². The number of rotatable bonds is 4. The van der Waals surface area contributed by atoms with Crippen molar-refractivity contribution in [1.82, 2.24) is 9.78 Å². The van der Waals surface area contributed by atoms with E-state index in [9.17, 15) is 0 Å². The molecule has 0 amide bonds. The Balaban J connectivity index is 1.76. The predicted molar refractivity (Wildman–Crippen MR) is 86.6 cm³/mol. The number of para-hydroxylation sites is 1. The molecule has 21 heavy (non-hydrogen) atoms. The van der Waals surface area contributed by atoms with Gasteiger partial charge in [0.15, 0.2) is 0 Å². The summed E-state index contributed by atoms with van der Waals surface area (Å²) in [6.45, 7) is 2.12. The second kappa shape index (κ2) is 5.83. The Labute approximate surface area is 125 Å². The highest BCUT2D eigenvalue weighted by atomic mass is 15.3. The lowest BCUT2D eigenvalue weighted by Gasteiger charge is -2.03. The number of anilines is 1. The zero-order valence-corrected chi connectivity index (χ0v) is 12.2. The predicted octanol–water partition coefficient (Wildman–Crippen LogP) is 3.55. The minimum absolute atomic E-state index is 0.681. The van der Waals surface area contributed by atoms with Crippen LogP contribution in [0.4, 0.5) is 5.82 Å². The van der Waals surface area contributed by atoms with Crippen molar-refractivity contribution in [3.8, 4) is 5.69 Å². The van der Waals surface area contributed by atoms with Crippen molar-refractivity contribution in [2.24, 2.45) is 0 Å². The highest BCUT2D eigenvalue weighted by Crippen LogP contribution is 2.16. The smallest absolute Gasteiger partial charge is 0.127 e. The molecule has 0 bridgehead atoms. The molecule has 0 aliphatic heterocycles. The van der Waals surface area contributed by atoms with Crippen LogP contribution in [-0.2, 0) is 12.8 Å². The maximum Gasteiger partial charge on any atom is 0.127 e. The van der Waals surface area contributed by atoms with E-state index in [2.05, 4.69) is 36.3 Å². The molecular weight excluding hydrogens is 258 g/mol. The van der Waals surface area contributed by atoms with Gasteiger partial charge < -0.3 is 5.73 Å². The van der Waals surface area contributed by atoms with Crippen molar-refractivity contribution in [3.05, 3.63) is 77.5 Å². The molecular formula is C18H19N3. The zero-order valence-electron chi connectivity index (χ0n) is 12.2. The molecule has 2 N–H and O–H groups in total. The molecule has 0 aliphatic rings. The summed E-state index contributed by atoms with van der Waals surface area (Å²) in [5.74, 6) is 0.681.